The quantitative estimate of drug-likeness (QED) is 0.777. The number of hydrogen-bond donors (Lipinski definition) is 1. The van der Waals surface area contributed by atoms with E-state index in [1.807, 2.05) is 25.1 Å². The van der Waals surface area contributed by atoms with Crippen LogP contribution in [0.1, 0.15) is 28.0 Å². The van der Waals surface area contributed by atoms with Gasteiger partial charge in [-0.15, -0.1) is 32.9 Å². The first-order valence-electron chi connectivity index (χ1n) is 6.75. The molecule has 0 radical (unpaired) electrons. The Balaban J connectivity index is 1.65. The van der Waals surface area contributed by atoms with Crippen molar-refractivity contribution >= 4 is 22.7 Å². The minimum atomic E-state index is 0.205. The second-order valence-electron chi connectivity index (χ2n) is 4.75. The Kier molecular flexibility index (Phi) is 4.38. The lowest BCUT2D eigenvalue weighted by molar-refractivity contribution is 0.568. The molecular weight excluding hydrogens is 300 g/mol. The molecule has 0 saturated carbocycles. The average Bonchev–Trinajstić information content (AvgIpc) is 3.15. The zero-order chi connectivity index (χ0) is 14.7. The third-order valence-corrected chi connectivity index (χ3v) is 4.96. The lowest BCUT2D eigenvalue weighted by Gasteiger charge is -2.08. The average molecular weight is 316 g/mol. The van der Waals surface area contributed by atoms with Gasteiger partial charge in [-0.2, -0.15) is 0 Å². The van der Waals surface area contributed by atoms with E-state index < -0.39 is 0 Å². The zero-order valence-corrected chi connectivity index (χ0v) is 13.5. The first kappa shape index (κ1) is 14.3. The van der Waals surface area contributed by atoms with Crippen molar-refractivity contribution in [1.29, 1.82) is 0 Å². The Morgan fingerprint density at radius 2 is 2.00 bits per heavy atom. The number of aromatic nitrogens is 3. The van der Waals surface area contributed by atoms with Crippen LogP contribution in [0.4, 0.5) is 0 Å². The smallest absolute Gasteiger partial charge is 0.131 e. The highest BCUT2D eigenvalue weighted by molar-refractivity contribution is 7.11. The highest BCUT2D eigenvalue weighted by atomic mass is 32.1. The highest BCUT2D eigenvalue weighted by Gasteiger charge is 2.12. The van der Waals surface area contributed by atoms with Gasteiger partial charge in [-0.1, -0.05) is 30.3 Å². The van der Waals surface area contributed by atoms with Crippen LogP contribution in [0.3, 0.4) is 0 Å². The van der Waals surface area contributed by atoms with Gasteiger partial charge in [-0.05, 0) is 13.8 Å². The molecule has 0 aliphatic heterocycles. The number of nitrogens with one attached hydrogen (secondary N) is 1. The van der Waals surface area contributed by atoms with Crippen LogP contribution < -0.4 is 5.32 Å². The Labute approximate surface area is 131 Å². The summed E-state index contributed by atoms with van der Waals surface area (Å²) in [5.74, 6) is 0. The second-order valence-corrected chi connectivity index (χ2v) is 6.91. The fourth-order valence-electron chi connectivity index (χ4n) is 1.96. The number of benzene rings is 1. The molecule has 1 unspecified atom stereocenters. The van der Waals surface area contributed by atoms with E-state index in [4.69, 9.17) is 4.98 Å². The number of nitrogens with zero attached hydrogens (tertiary/aromatic N) is 3. The van der Waals surface area contributed by atoms with Gasteiger partial charge in [0.25, 0.3) is 0 Å². The van der Waals surface area contributed by atoms with Crippen LogP contribution in [0, 0.1) is 6.92 Å². The number of aryl methyl sites for hydroxylation is 1. The number of hydrogen-bond acceptors (Lipinski definition) is 6. The maximum Gasteiger partial charge on any atom is 0.131 e. The van der Waals surface area contributed by atoms with Crippen molar-refractivity contribution in [1.82, 2.24) is 20.5 Å². The van der Waals surface area contributed by atoms with E-state index in [2.05, 4.69) is 40.0 Å². The molecule has 3 aromatic rings. The van der Waals surface area contributed by atoms with E-state index in [-0.39, 0.29) is 6.04 Å². The summed E-state index contributed by atoms with van der Waals surface area (Å²) < 4.78 is 0. The normalized spacial score (nSPS) is 12.5. The van der Waals surface area contributed by atoms with E-state index in [0.717, 1.165) is 32.8 Å². The molecule has 0 bridgehead atoms. The highest BCUT2D eigenvalue weighted by Crippen LogP contribution is 2.25. The van der Waals surface area contributed by atoms with Crippen molar-refractivity contribution in [3.05, 3.63) is 50.7 Å². The van der Waals surface area contributed by atoms with E-state index in [9.17, 15) is 0 Å². The summed E-state index contributed by atoms with van der Waals surface area (Å²) in [4.78, 5) is 4.72. The van der Waals surface area contributed by atoms with Crippen molar-refractivity contribution in [2.45, 2.75) is 26.4 Å². The molecule has 2 aromatic heterocycles. The van der Waals surface area contributed by atoms with E-state index in [0.29, 0.717) is 0 Å². The monoisotopic (exact) mass is 316 g/mol. The molecule has 0 saturated heterocycles. The minimum absolute atomic E-state index is 0.205. The van der Waals surface area contributed by atoms with Crippen molar-refractivity contribution < 1.29 is 0 Å². The Morgan fingerprint density at radius 1 is 1.19 bits per heavy atom. The lowest BCUT2D eigenvalue weighted by Crippen LogP contribution is -2.17. The summed E-state index contributed by atoms with van der Waals surface area (Å²) >= 11 is 3.31. The van der Waals surface area contributed by atoms with Crippen LogP contribution >= 0.6 is 22.7 Å². The van der Waals surface area contributed by atoms with Crippen LogP contribution in [0.5, 0.6) is 0 Å². The van der Waals surface area contributed by atoms with Gasteiger partial charge >= 0.3 is 0 Å². The van der Waals surface area contributed by atoms with E-state index in [1.54, 1.807) is 22.7 Å². The molecular formula is C15H16N4S2. The third-order valence-electron chi connectivity index (χ3n) is 3.09. The van der Waals surface area contributed by atoms with E-state index in [1.165, 1.54) is 0 Å². The van der Waals surface area contributed by atoms with Crippen LogP contribution in [0.15, 0.2) is 35.7 Å². The summed E-state index contributed by atoms with van der Waals surface area (Å²) in [6, 6.07) is 10.5. The fraction of sp³-hybridized carbons (Fsp3) is 0.267. The molecule has 1 N–H and O–H groups in total. The molecule has 0 aliphatic carbocycles. The Hall–Kier alpha value is -1.63. The molecule has 1 aromatic carbocycles. The zero-order valence-electron chi connectivity index (χ0n) is 11.9. The molecule has 3 rings (SSSR count). The molecule has 6 heteroatoms. The van der Waals surface area contributed by atoms with Gasteiger partial charge in [0, 0.05) is 10.9 Å². The summed E-state index contributed by atoms with van der Waals surface area (Å²) in [6.07, 6.45) is 0. The lowest BCUT2D eigenvalue weighted by atomic mass is 10.2. The first-order valence-corrected chi connectivity index (χ1v) is 8.45. The fourth-order valence-corrected chi connectivity index (χ4v) is 3.48. The maximum absolute atomic E-state index is 4.72. The van der Waals surface area contributed by atoms with Gasteiger partial charge in [-0.3, -0.25) is 0 Å². The minimum Gasteiger partial charge on any atom is -0.302 e. The van der Waals surface area contributed by atoms with Crippen LogP contribution in [-0.2, 0) is 6.54 Å². The molecule has 4 nitrogen and oxygen atoms in total. The Morgan fingerprint density at radius 3 is 2.71 bits per heavy atom. The molecule has 0 aliphatic rings. The molecule has 1 atom stereocenters. The van der Waals surface area contributed by atoms with Crippen LogP contribution in [0.25, 0.3) is 11.3 Å². The largest absolute Gasteiger partial charge is 0.302 e. The third kappa shape index (κ3) is 3.53. The van der Waals surface area contributed by atoms with Crippen molar-refractivity contribution in [3.8, 4) is 11.3 Å². The SMILES string of the molecule is Cc1nnc(CNC(C)c2nc(-c3ccccc3)cs2)s1. The maximum atomic E-state index is 4.72. The number of rotatable bonds is 5. The van der Waals surface area contributed by atoms with Crippen molar-refractivity contribution in [3.63, 3.8) is 0 Å². The Bertz CT molecular complexity index is 705. The molecule has 108 valence electrons. The van der Waals surface area contributed by atoms with Gasteiger partial charge in [0.1, 0.15) is 15.0 Å². The van der Waals surface area contributed by atoms with Gasteiger partial charge < -0.3 is 5.32 Å². The van der Waals surface area contributed by atoms with Crippen LogP contribution in [-0.4, -0.2) is 15.2 Å². The molecule has 21 heavy (non-hydrogen) atoms. The van der Waals surface area contributed by atoms with E-state index >= 15 is 0 Å². The summed E-state index contributed by atoms with van der Waals surface area (Å²) in [6.45, 7) is 4.83. The van der Waals surface area contributed by atoms with Crippen molar-refractivity contribution in [2.24, 2.45) is 0 Å². The first-order chi connectivity index (χ1) is 10.2. The van der Waals surface area contributed by atoms with Crippen molar-refractivity contribution in [2.75, 3.05) is 0 Å². The summed E-state index contributed by atoms with van der Waals surface area (Å²) in [5.41, 5.74) is 2.20. The summed E-state index contributed by atoms with van der Waals surface area (Å²) in [5, 5.41) is 16.8. The van der Waals surface area contributed by atoms with Gasteiger partial charge in [0.05, 0.1) is 18.3 Å². The van der Waals surface area contributed by atoms with Crippen LogP contribution in [0.2, 0.25) is 0 Å². The molecule has 0 spiro atoms. The topological polar surface area (TPSA) is 50.7 Å². The van der Waals surface area contributed by atoms with Gasteiger partial charge in [0.15, 0.2) is 0 Å². The summed E-state index contributed by atoms with van der Waals surface area (Å²) in [7, 11) is 0. The van der Waals surface area contributed by atoms with Gasteiger partial charge in [-0.25, -0.2) is 4.98 Å². The number of thiazole rings is 1. The molecule has 2 heterocycles. The molecule has 0 amide bonds. The standard InChI is InChI=1S/C15H16N4S2/c1-10(16-8-14-19-18-11(2)21-14)15-17-13(9-20-15)12-6-4-3-5-7-12/h3-7,9-10,16H,8H2,1-2H3. The predicted octanol–water partition coefficient (Wildman–Crippen LogP) is 3.82. The molecule has 0 fully saturated rings. The van der Waals surface area contributed by atoms with Gasteiger partial charge in [0.2, 0.25) is 0 Å². The predicted molar refractivity (Wildman–Crippen MR) is 87.5 cm³/mol. The second kappa shape index (κ2) is 6.43.